The minimum atomic E-state index is -0.406. The third kappa shape index (κ3) is 5.46. The summed E-state index contributed by atoms with van der Waals surface area (Å²) in [6.07, 6.45) is 4.28. The highest BCUT2D eigenvalue weighted by molar-refractivity contribution is 5.57. The predicted octanol–water partition coefficient (Wildman–Crippen LogP) is -0.448. The van der Waals surface area contributed by atoms with Gasteiger partial charge in [0.15, 0.2) is 0 Å². The van der Waals surface area contributed by atoms with E-state index in [9.17, 15) is 4.79 Å². The Morgan fingerprint density at radius 2 is 2.11 bits per heavy atom. The fourth-order valence-electron chi connectivity index (χ4n) is 0.568. The van der Waals surface area contributed by atoms with Crippen molar-refractivity contribution in [3.8, 4) is 0 Å². The molecule has 0 saturated carbocycles. The standard InChI is InChI=1S/C6H13N2O/c7-4-2-1-3-6(8)5-9/h6H,1-4,7-8H2/t6-/m0/s1. The monoisotopic (exact) mass is 129 g/mol. The molecule has 0 aromatic heterocycles. The molecule has 0 aliphatic carbocycles. The van der Waals surface area contributed by atoms with Crippen LogP contribution in [0.5, 0.6) is 0 Å². The largest absolute Gasteiger partial charge is 0.330 e. The van der Waals surface area contributed by atoms with Crippen LogP contribution in [-0.2, 0) is 4.79 Å². The first-order valence-electron chi connectivity index (χ1n) is 3.14. The smallest absolute Gasteiger partial charge is 0.216 e. The van der Waals surface area contributed by atoms with Crippen LogP contribution in [0.3, 0.4) is 0 Å². The summed E-state index contributed by atoms with van der Waals surface area (Å²) < 4.78 is 0. The number of carbonyl (C=O) groups excluding carboxylic acids is 1. The lowest BCUT2D eigenvalue weighted by atomic mass is 10.1. The Labute approximate surface area is 55.4 Å². The minimum absolute atomic E-state index is 0.406. The van der Waals surface area contributed by atoms with Crippen LogP contribution in [0.4, 0.5) is 0 Å². The van der Waals surface area contributed by atoms with Crippen molar-refractivity contribution in [2.45, 2.75) is 25.3 Å². The maximum atomic E-state index is 9.82. The van der Waals surface area contributed by atoms with Gasteiger partial charge in [0.05, 0.1) is 6.04 Å². The molecule has 53 valence electrons. The van der Waals surface area contributed by atoms with E-state index >= 15 is 0 Å². The van der Waals surface area contributed by atoms with Gasteiger partial charge in [-0.2, -0.15) is 0 Å². The zero-order valence-corrected chi connectivity index (χ0v) is 5.47. The first-order chi connectivity index (χ1) is 4.31. The molecule has 4 N–H and O–H groups in total. The lowest BCUT2D eigenvalue weighted by molar-refractivity contribution is 0.529. The highest BCUT2D eigenvalue weighted by atomic mass is 16.1. The molecule has 0 unspecified atom stereocenters. The van der Waals surface area contributed by atoms with Gasteiger partial charge < -0.3 is 11.5 Å². The van der Waals surface area contributed by atoms with Gasteiger partial charge >= 0.3 is 0 Å². The predicted molar refractivity (Wildman–Crippen MR) is 36.6 cm³/mol. The number of hydrogen-bond acceptors (Lipinski definition) is 3. The van der Waals surface area contributed by atoms with Crippen LogP contribution < -0.4 is 11.5 Å². The maximum absolute atomic E-state index is 9.82. The molecule has 1 radical (unpaired) electrons. The van der Waals surface area contributed by atoms with Gasteiger partial charge in [0.2, 0.25) is 6.29 Å². The van der Waals surface area contributed by atoms with Gasteiger partial charge in [-0.1, -0.05) is 6.42 Å². The number of nitrogens with two attached hydrogens (primary N) is 2. The van der Waals surface area contributed by atoms with E-state index in [0.717, 1.165) is 12.8 Å². The second-order valence-corrected chi connectivity index (χ2v) is 2.01. The number of hydrogen-bond donors (Lipinski definition) is 2. The molecule has 0 aliphatic heterocycles. The molecule has 0 fully saturated rings. The van der Waals surface area contributed by atoms with Crippen molar-refractivity contribution in [1.82, 2.24) is 0 Å². The van der Waals surface area contributed by atoms with Gasteiger partial charge in [-0.05, 0) is 19.4 Å². The Hall–Kier alpha value is -0.410. The minimum Gasteiger partial charge on any atom is -0.330 e. The summed E-state index contributed by atoms with van der Waals surface area (Å²) in [6, 6.07) is -0.406. The molecule has 0 saturated heterocycles. The first-order valence-corrected chi connectivity index (χ1v) is 3.14. The van der Waals surface area contributed by atoms with E-state index in [4.69, 9.17) is 11.5 Å². The van der Waals surface area contributed by atoms with Crippen molar-refractivity contribution >= 4 is 6.29 Å². The normalized spacial score (nSPS) is 13.1. The lowest BCUT2D eigenvalue weighted by Crippen LogP contribution is -2.21. The van der Waals surface area contributed by atoms with E-state index in [2.05, 4.69) is 0 Å². The van der Waals surface area contributed by atoms with Crippen molar-refractivity contribution in [2.75, 3.05) is 6.54 Å². The molecule has 0 aliphatic rings. The molecule has 0 aromatic rings. The van der Waals surface area contributed by atoms with Gasteiger partial charge in [-0.15, -0.1) is 0 Å². The quantitative estimate of drug-likeness (QED) is 0.494. The van der Waals surface area contributed by atoms with Gasteiger partial charge in [-0.3, -0.25) is 4.79 Å². The first kappa shape index (κ1) is 8.59. The summed E-state index contributed by atoms with van der Waals surface area (Å²) in [5.74, 6) is 0. The summed E-state index contributed by atoms with van der Waals surface area (Å²) in [6.45, 7) is 0.672. The van der Waals surface area contributed by atoms with Crippen molar-refractivity contribution in [2.24, 2.45) is 11.5 Å². The molecule has 0 spiro atoms. The van der Waals surface area contributed by atoms with E-state index in [1.54, 1.807) is 6.29 Å². The molecule has 9 heavy (non-hydrogen) atoms. The Bertz CT molecular complexity index is 75.5. The zero-order valence-electron chi connectivity index (χ0n) is 5.47. The lowest BCUT2D eigenvalue weighted by Gasteiger charge is -1.99. The van der Waals surface area contributed by atoms with Crippen LogP contribution in [0.1, 0.15) is 19.3 Å². The third-order valence-corrected chi connectivity index (χ3v) is 1.12. The highest BCUT2D eigenvalue weighted by Crippen LogP contribution is 1.94. The Balaban J connectivity index is 2.96. The van der Waals surface area contributed by atoms with Crippen molar-refractivity contribution in [3.63, 3.8) is 0 Å². The van der Waals surface area contributed by atoms with Crippen LogP contribution in [0.15, 0.2) is 0 Å². The van der Waals surface area contributed by atoms with Crippen molar-refractivity contribution < 1.29 is 4.79 Å². The van der Waals surface area contributed by atoms with E-state index in [-0.39, 0.29) is 0 Å². The molecule has 1 atom stereocenters. The van der Waals surface area contributed by atoms with Gasteiger partial charge in [0.1, 0.15) is 0 Å². The van der Waals surface area contributed by atoms with E-state index < -0.39 is 6.04 Å². The second-order valence-electron chi connectivity index (χ2n) is 2.01. The summed E-state index contributed by atoms with van der Waals surface area (Å²) in [5.41, 5.74) is 10.5. The van der Waals surface area contributed by atoms with E-state index in [0.29, 0.717) is 13.0 Å². The molecule has 3 heteroatoms. The molecular formula is C6H13N2O. The summed E-state index contributed by atoms with van der Waals surface area (Å²) in [7, 11) is 0. The van der Waals surface area contributed by atoms with Crippen LogP contribution in [0.2, 0.25) is 0 Å². The number of unbranched alkanes of at least 4 members (excludes halogenated alkanes) is 1. The van der Waals surface area contributed by atoms with E-state index in [1.165, 1.54) is 0 Å². The van der Waals surface area contributed by atoms with Crippen LogP contribution in [-0.4, -0.2) is 18.9 Å². The fraction of sp³-hybridized carbons (Fsp3) is 0.833. The van der Waals surface area contributed by atoms with Gasteiger partial charge in [0.25, 0.3) is 0 Å². The molecule has 0 amide bonds. The van der Waals surface area contributed by atoms with E-state index in [1.807, 2.05) is 0 Å². The number of rotatable bonds is 5. The molecule has 0 rings (SSSR count). The Morgan fingerprint density at radius 3 is 2.56 bits per heavy atom. The molecular weight excluding hydrogens is 116 g/mol. The third-order valence-electron chi connectivity index (χ3n) is 1.12. The maximum Gasteiger partial charge on any atom is 0.216 e. The van der Waals surface area contributed by atoms with Crippen molar-refractivity contribution in [1.29, 1.82) is 0 Å². The van der Waals surface area contributed by atoms with Crippen LogP contribution in [0, 0.1) is 0 Å². The topological polar surface area (TPSA) is 69.1 Å². The molecule has 0 bridgehead atoms. The zero-order chi connectivity index (χ0) is 7.11. The highest BCUT2D eigenvalue weighted by Gasteiger charge is 1.98. The molecule has 0 heterocycles. The summed E-state index contributed by atoms with van der Waals surface area (Å²) >= 11 is 0. The van der Waals surface area contributed by atoms with Gasteiger partial charge in [-0.25, -0.2) is 0 Å². The Kier molecular flexibility index (Phi) is 5.46. The van der Waals surface area contributed by atoms with Gasteiger partial charge in [0, 0.05) is 0 Å². The summed E-state index contributed by atoms with van der Waals surface area (Å²) in [4.78, 5) is 9.82. The van der Waals surface area contributed by atoms with Crippen molar-refractivity contribution in [3.05, 3.63) is 0 Å². The van der Waals surface area contributed by atoms with Crippen LogP contribution >= 0.6 is 0 Å². The Morgan fingerprint density at radius 1 is 1.44 bits per heavy atom. The SMILES string of the molecule is NCCCC[C@H](N)[C]=O. The average Bonchev–Trinajstić information content (AvgIpc) is 1.89. The fourth-order valence-corrected chi connectivity index (χ4v) is 0.568. The molecule has 0 aromatic carbocycles. The van der Waals surface area contributed by atoms with Crippen LogP contribution in [0.25, 0.3) is 0 Å². The summed E-state index contributed by atoms with van der Waals surface area (Å²) in [5, 5.41) is 0. The second kappa shape index (κ2) is 5.72. The molecule has 3 nitrogen and oxygen atoms in total. The average molecular weight is 129 g/mol.